The molecule has 1 aromatic heterocycles. The van der Waals surface area contributed by atoms with Crippen LogP contribution in [0.3, 0.4) is 0 Å². The summed E-state index contributed by atoms with van der Waals surface area (Å²) in [5, 5.41) is 4.68. The van der Waals surface area contributed by atoms with Crippen LogP contribution >= 0.6 is 11.3 Å². The topological polar surface area (TPSA) is 66.5 Å². The summed E-state index contributed by atoms with van der Waals surface area (Å²) in [6.45, 7) is 5.76. The van der Waals surface area contributed by atoms with Crippen LogP contribution in [-0.2, 0) is 14.8 Å². The third-order valence-electron chi connectivity index (χ3n) is 4.12. The van der Waals surface area contributed by atoms with Gasteiger partial charge in [-0.3, -0.25) is 4.79 Å². The molecule has 2 rings (SSSR count). The molecule has 1 heterocycles. The number of nitrogens with one attached hydrogen (secondary N) is 1. The Morgan fingerprint density at radius 2 is 2.13 bits per heavy atom. The lowest BCUT2D eigenvalue weighted by Gasteiger charge is -2.28. The number of hydrogen-bond donors (Lipinski definition) is 1. The molecule has 0 unspecified atom stereocenters. The van der Waals surface area contributed by atoms with Crippen LogP contribution in [0.25, 0.3) is 0 Å². The number of rotatable bonds is 7. The molecule has 0 spiro atoms. The zero-order chi connectivity index (χ0) is 16.9. The molecule has 0 atom stereocenters. The molecular weight excluding hydrogens is 332 g/mol. The summed E-state index contributed by atoms with van der Waals surface area (Å²) < 4.78 is 26.5. The Balaban J connectivity index is 1.99. The predicted molar refractivity (Wildman–Crippen MR) is 92.8 cm³/mol. The Kier molecular flexibility index (Phi) is 6.38. The lowest BCUT2D eigenvalue weighted by molar-refractivity contribution is -0.122. The smallest absolute Gasteiger partial charge is 0.253 e. The Morgan fingerprint density at radius 3 is 2.70 bits per heavy atom. The molecule has 1 aliphatic carbocycles. The monoisotopic (exact) mass is 356 g/mol. The second kappa shape index (κ2) is 8.08. The first-order valence-electron chi connectivity index (χ1n) is 7.87. The third kappa shape index (κ3) is 4.89. The van der Waals surface area contributed by atoms with E-state index < -0.39 is 10.0 Å². The van der Waals surface area contributed by atoms with Gasteiger partial charge in [0.05, 0.1) is 6.54 Å². The zero-order valence-corrected chi connectivity index (χ0v) is 15.0. The fraction of sp³-hybridized carbons (Fsp3) is 0.562. The maximum Gasteiger partial charge on any atom is 0.253 e. The number of thiophene rings is 1. The van der Waals surface area contributed by atoms with Gasteiger partial charge in [0.2, 0.25) is 5.91 Å². The van der Waals surface area contributed by atoms with Gasteiger partial charge in [-0.1, -0.05) is 19.1 Å². The van der Waals surface area contributed by atoms with Crippen molar-refractivity contribution in [3.8, 4) is 0 Å². The summed E-state index contributed by atoms with van der Waals surface area (Å²) >= 11 is 1.15. The van der Waals surface area contributed by atoms with Crippen LogP contribution in [0.2, 0.25) is 0 Å². The number of sulfonamides is 1. The van der Waals surface area contributed by atoms with E-state index in [0.717, 1.165) is 37.0 Å². The van der Waals surface area contributed by atoms with Crippen molar-refractivity contribution in [2.75, 3.05) is 13.1 Å². The predicted octanol–water partition coefficient (Wildman–Crippen LogP) is 2.62. The van der Waals surface area contributed by atoms with Crippen LogP contribution in [0.4, 0.5) is 0 Å². The highest BCUT2D eigenvalue weighted by molar-refractivity contribution is 7.91. The van der Waals surface area contributed by atoms with E-state index in [1.807, 2.05) is 0 Å². The molecule has 5 nitrogen and oxygen atoms in total. The number of carbonyl (C=O) groups excluding carboxylic acids is 1. The van der Waals surface area contributed by atoms with Crippen molar-refractivity contribution >= 4 is 27.3 Å². The number of nitrogens with zero attached hydrogens (tertiary/aromatic N) is 1. The lowest BCUT2D eigenvalue weighted by Crippen LogP contribution is -2.45. The highest BCUT2D eigenvalue weighted by Crippen LogP contribution is 2.24. The molecule has 0 radical (unpaired) electrons. The van der Waals surface area contributed by atoms with E-state index in [-0.39, 0.29) is 29.2 Å². The second-order valence-electron chi connectivity index (χ2n) is 6.04. The van der Waals surface area contributed by atoms with Crippen LogP contribution < -0.4 is 5.32 Å². The largest absolute Gasteiger partial charge is 0.352 e. The van der Waals surface area contributed by atoms with Gasteiger partial charge in [-0.2, -0.15) is 4.31 Å². The van der Waals surface area contributed by atoms with E-state index in [0.29, 0.717) is 5.92 Å². The number of amides is 1. The molecule has 1 aromatic rings. The average molecular weight is 357 g/mol. The third-order valence-corrected chi connectivity index (χ3v) is 7.31. The summed E-state index contributed by atoms with van der Waals surface area (Å²) in [5.41, 5.74) is 0. The van der Waals surface area contributed by atoms with Crippen molar-refractivity contribution < 1.29 is 13.2 Å². The Labute approximate surface area is 142 Å². The Bertz CT molecular complexity index is 618. The molecule has 7 heteroatoms. The van der Waals surface area contributed by atoms with Gasteiger partial charge in [-0.15, -0.1) is 17.9 Å². The van der Waals surface area contributed by atoms with Crippen LogP contribution in [0.5, 0.6) is 0 Å². The molecule has 0 aliphatic heterocycles. The minimum absolute atomic E-state index is 0.120. The van der Waals surface area contributed by atoms with Gasteiger partial charge >= 0.3 is 0 Å². The van der Waals surface area contributed by atoms with Gasteiger partial charge in [0.15, 0.2) is 0 Å². The first-order valence-corrected chi connectivity index (χ1v) is 10.2. The molecular formula is C16H24N2O3S2. The molecule has 1 saturated carbocycles. The summed E-state index contributed by atoms with van der Waals surface area (Å²) in [5.74, 6) is 0.464. The van der Waals surface area contributed by atoms with Crippen LogP contribution in [-0.4, -0.2) is 37.8 Å². The van der Waals surface area contributed by atoms with Crippen molar-refractivity contribution in [1.82, 2.24) is 9.62 Å². The highest BCUT2D eigenvalue weighted by atomic mass is 32.2. The molecule has 128 valence electrons. The Hall–Kier alpha value is -1.18. The molecule has 0 bridgehead atoms. The summed E-state index contributed by atoms with van der Waals surface area (Å²) in [7, 11) is -3.64. The van der Waals surface area contributed by atoms with Crippen molar-refractivity contribution in [2.45, 2.75) is 42.9 Å². The van der Waals surface area contributed by atoms with E-state index in [2.05, 4.69) is 18.8 Å². The van der Waals surface area contributed by atoms with Crippen molar-refractivity contribution in [1.29, 1.82) is 0 Å². The maximum atomic E-state index is 12.6. The van der Waals surface area contributed by atoms with Crippen molar-refractivity contribution in [3.63, 3.8) is 0 Å². The van der Waals surface area contributed by atoms with E-state index in [9.17, 15) is 13.2 Å². The first kappa shape index (κ1) is 18.2. The lowest BCUT2D eigenvalue weighted by atomic mass is 9.87. The van der Waals surface area contributed by atoms with Gasteiger partial charge in [-0.05, 0) is 43.0 Å². The van der Waals surface area contributed by atoms with Gasteiger partial charge in [0.25, 0.3) is 10.0 Å². The summed E-state index contributed by atoms with van der Waals surface area (Å²) in [6.07, 6.45) is 5.64. The van der Waals surface area contributed by atoms with E-state index >= 15 is 0 Å². The minimum Gasteiger partial charge on any atom is -0.352 e. The molecule has 1 aliphatic rings. The second-order valence-corrected chi connectivity index (χ2v) is 9.16. The highest BCUT2D eigenvalue weighted by Gasteiger charge is 2.27. The van der Waals surface area contributed by atoms with E-state index in [1.165, 1.54) is 10.4 Å². The SMILES string of the molecule is C=CCN(CC(=O)NC1CCC(C)CC1)S(=O)(=O)c1cccs1. The fourth-order valence-corrected chi connectivity index (χ4v) is 5.28. The maximum absolute atomic E-state index is 12.6. The standard InChI is InChI=1S/C16H24N2O3S2/c1-3-10-18(23(20,21)16-5-4-11-22-16)12-15(19)17-14-8-6-13(2)7-9-14/h3-5,11,13-14H,1,6-10,12H2,2H3,(H,17,19). The van der Waals surface area contributed by atoms with Crippen molar-refractivity contribution in [3.05, 3.63) is 30.2 Å². The van der Waals surface area contributed by atoms with E-state index in [4.69, 9.17) is 0 Å². The van der Waals surface area contributed by atoms with Gasteiger partial charge < -0.3 is 5.32 Å². The van der Waals surface area contributed by atoms with Gasteiger partial charge in [-0.25, -0.2) is 8.42 Å². The molecule has 23 heavy (non-hydrogen) atoms. The number of hydrogen-bond acceptors (Lipinski definition) is 4. The fourth-order valence-electron chi connectivity index (χ4n) is 2.77. The van der Waals surface area contributed by atoms with E-state index in [1.54, 1.807) is 17.5 Å². The van der Waals surface area contributed by atoms with Crippen molar-refractivity contribution in [2.24, 2.45) is 5.92 Å². The van der Waals surface area contributed by atoms with Crippen LogP contribution in [0.15, 0.2) is 34.4 Å². The molecule has 0 saturated heterocycles. The average Bonchev–Trinajstić information content (AvgIpc) is 3.04. The molecule has 0 aromatic carbocycles. The molecule has 1 N–H and O–H groups in total. The quantitative estimate of drug-likeness (QED) is 0.764. The normalized spacial score (nSPS) is 22.0. The van der Waals surface area contributed by atoms with Gasteiger partial charge in [0.1, 0.15) is 4.21 Å². The van der Waals surface area contributed by atoms with Gasteiger partial charge in [0, 0.05) is 12.6 Å². The summed E-state index contributed by atoms with van der Waals surface area (Å²) in [4.78, 5) is 12.2. The minimum atomic E-state index is -3.64. The van der Waals surface area contributed by atoms with Crippen LogP contribution in [0, 0.1) is 5.92 Å². The number of carbonyl (C=O) groups is 1. The molecule has 1 fully saturated rings. The zero-order valence-electron chi connectivity index (χ0n) is 13.4. The van der Waals surface area contributed by atoms with Crippen LogP contribution in [0.1, 0.15) is 32.6 Å². The molecule has 1 amide bonds. The first-order chi connectivity index (χ1) is 10.9. The Morgan fingerprint density at radius 1 is 1.43 bits per heavy atom. The summed E-state index contributed by atoms with van der Waals surface area (Å²) in [6, 6.07) is 3.40.